The smallest absolute Gasteiger partial charge is 0.338 e. The van der Waals surface area contributed by atoms with Crippen molar-refractivity contribution >= 4 is 41.1 Å². The van der Waals surface area contributed by atoms with Crippen molar-refractivity contribution in [3.8, 4) is 0 Å². The number of pyridine rings is 3. The zero-order valence-corrected chi connectivity index (χ0v) is 30.3. The summed E-state index contributed by atoms with van der Waals surface area (Å²) in [5.74, 6) is -1.00. The Kier molecular flexibility index (Phi) is 18.5. The Morgan fingerprint density at radius 3 is 1.58 bits per heavy atom. The second-order valence-electron chi connectivity index (χ2n) is 10.7. The summed E-state index contributed by atoms with van der Waals surface area (Å²) >= 11 is 0. The Balaban J connectivity index is 0.000000351. The summed E-state index contributed by atoms with van der Waals surface area (Å²) in [7, 11) is 10.6. The van der Waals surface area contributed by atoms with Gasteiger partial charge in [-0.2, -0.15) is 4.99 Å². The number of aromatic nitrogens is 6. The van der Waals surface area contributed by atoms with Crippen LogP contribution in [0.5, 0.6) is 0 Å². The number of amides is 2. The van der Waals surface area contributed by atoms with E-state index in [1.165, 1.54) is 6.34 Å². The minimum atomic E-state index is -0.430. The molecule has 0 aliphatic rings. The summed E-state index contributed by atoms with van der Waals surface area (Å²) in [6, 6.07) is 10.2. The highest BCUT2D eigenvalue weighted by atomic mass is 16.7. The molecule has 0 aliphatic carbocycles. The SMILES string of the molecule is CCOC(=O)c1ccn2ccnc2c1.CN(C)C=NC(=O)c1ccn2ccnc2c1.COC(OC)N(C)C.N.NC(=O)c1ccn2ccnc2c1.O. The molecule has 6 heterocycles. The van der Waals surface area contributed by atoms with Gasteiger partial charge in [0.2, 0.25) is 12.3 Å². The van der Waals surface area contributed by atoms with Crippen LogP contribution in [0.15, 0.2) is 97.2 Å². The van der Waals surface area contributed by atoms with E-state index < -0.39 is 5.91 Å². The molecule has 7 N–H and O–H groups in total. The van der Waals surface area contributed by atoms with E-state index in [4.69, 9.17) is 19.9 Å². The van der Waals surface area contributed by atoms with Gasteiger partial charge < -0.3 is 49.7 Å². The Morgan fingerprint density at radius 2 is 1.19 bits per heavy atom. The maximum absolute atomic E-state index is 11.7. The van der Waals surface area contributed by atoms with Crippen molar-refractivity contribution < 1.29 is 34.1 Å². The highest BCUT2D eigenvalue weighted by Gasteiger charge is 2.08. The van der Waals surface area contributed by atoms with Crippen LogP contribution in [0, 0.1) is 0 Å². The lowest BCUT2D eigenvalue weighted by Crippen LogP contribution is -2.30. The topological polar surface area (TPSA) is 242 Å². The summed E-state index contributed by atoms with van der Waals surface area (Å²) in [6.45, 7) is 2.17. The highest BCUT2D eigenvalue weighted by Crippen LogP contribution is 2.08. The molecule has 0 radical (unpaired) electrons. The Morgan fingerprint density at radius 1 is 0.769 bits per heavy atom. The second kappa shape index (κ2) is 21.9. The molecule has 6 aromatic rings. The molecule has 0 aromatic carbocycles. The fraction of sp³-hybridized carbons (Fsp3) is 0.265. The van der Waals surface area contributed by atoms with Gasteiger partial charge in [-0.15, -0.1) is 0 Å². The fourth-order valence-corrected chi connectivity index (χ4v) is 4.12. The normalized spacial score (nSPS) is 10.3. The average Bonchev–Trinajstić information content (AvgIpc) is 3.88. The first-order valence-electron chi connectivity index (χ1n) is 15.2. The van der Waals surface area contributed by atoms with E-state index >= 15 is 0 Å². The summed E-state index contributed by atoms with van der Waals surface area (Å²) in [6.07, 6.45) is 17.1. The molecule has 6 aromatic heterocycles. The number of fused-ring (bicyclic) bond motifs is 3. The number of methoxy groups -OCH3 is 2. The predicted octanol–water partition coefficient (Wildman–Crippen LogP) is 2.47. The number of carbonyl (C=O) groups is 3. The number of rotatable bonds is 8. The van der Waals surface area contributed by atoms with Crippen molar-refractivity contribution in [2.24, 2.45) is 10.7 Å². The van der Waals surface area contributed by atoms with Crippen LogP contribution in [-0.4, -0.2) is 123 Å². The van der Waals surface area contributed by atoms with E-state index in [2.05, 4.69) is 19.9 Å². The number of primary amides is 1. The third-order valence-electron chi connectivity index (χ3n) is 6.47. The summed E-state index contributed by atoms with van der Waals surface area (Å²) in [5, 5.41) is 0. The Hall–Kier alpha value is -6.05. The minimum Gasteiger partial charge on any atom is -0.462 e. The molecule has 18 nitrogen and oxygen atoms in total. The van der Waals surface area contributed by atoms with E-state index in [0.29, 0.717) is 23.3 Å². The molecular weight excluding hydrogens is 674 g/mol. The summed E-state index contributed by atoms with van der Waals surface area (Å²) < 4.78 is 20.1. The minimum absolute atomic E-state index is 0. The molecule has 0 fully saturated rings. The van der Waals surface area contributed by atoms with Gasteiger partial charge in [-0.05, 0) is 57.4 Å². The number of aliphatic imine (C=N–C) groups is 1. The van der Waals surface area contributed by atoms with Crippen molar-refractivity contribution in [2.45, 2.75) is 13.3 Å². The molecule has 0 unspecified atom stereocenters. The molecule has 0 saturated carbocycles. The number of nitrogens with zero attached hydrogens (tertiary/aromatic N) is 9. The molecule has 2 amide bonds. The molecular formula is C34H47N11O7. The van der Waals surface area contributed by atoms with E-state index in [1.807, 2.05) is 58.7 Å². The van der Waals surface area contributed by atoms with Crippen LogP contribution < -0.4 is 11.9 Å². The highest BCUT2D eigenvalue weighted by molar-refractivity contribution is 5.99. The number of imidazole rings is 3. The van der Waals surface area contributed by atoms with Crippen LogP contribution in [0.25, 0.3) is 16.9 Å². The van der Waals surface area contributed by atoms with Gasteiger partial charge in [-0.1, -0.05) is 0 Å². The van der Waals surface area contributed by atoms with Crippen LogP contribution in [0.3, 0.4) is 0 Å². The lowest BCUT2D eigenvalue weighted by Gasteiger charge is -2.19. The van der Waals surface area contributed by atoms with Crippen molar-refractivity contribution in [1.29, 1.82) is 0 Å². The number of ether oxygens (including phenoxy) is 3. The number of esters is 1. The van der Waals surface area contributed by atoms with Crippen LogP contribution in [0.2, 0.25) is 0 Å². The van der Waals surface area contributed by atoms with Crippen LogP contribution >= 0.6 is 0 Å². The first kappa shape index (κ1) is 44.0. The summed E-state index contributed by atoms with van der Waals surface area (Å²) in [4.78, 5) is 53.3. The van der Waals surface area contributed by atoms with Crippen LogP contribution in [0.1, 0.15) is 38.0 Å². The maximum Gasteiger partial charge on any atom is 0.338 e. The summed E-state index contributed by atoms with van der Waals surface area (Å²) in [5.41, 5.74) is 8.86. The third-order valence-corrected chi connectivity index (χ3v) is 6.47. The van der Waals surface area contributed by atoms with E-state index in [0.717, 1.165) is 16.9 Å². The molecule has 280 valence electrons. The second-order valence-corrected chi connectivity index (χ2v) is 10.7. The fourth-order valence-electron chi connectivity index (χ4n) is 4.12. The van der Waals surface area contributed by atoms with Gasteiger partial charge in [0.1, 0.15) is 16.9 Å². The van der Waals surface area contributed by atoms with Gasteiger partial charge in [0, 0.05) is 95.2 Å². The van der Waals surface area contributed by atoms with Gasteiger partial charge in [0.05, 0.1) is 18.5 Å². The van der Waals surface area contributed by atoms with Gasteiger partial charge in [0.15, 0.2) is 0 Å². The lowest BCUT2D eigenvalue weighted by atomic mass is 10.2. The Bertz CT molecular complexity index is 2010. The largest absolute Gasteiger partial charge is 0.462 e. The molecule has 0 atom stereocenters. The van der Waals surface area contributed by atoms with Crippen LogP contribution in [0.4, 0.5) is 0 Å². The molecule has 52 heavy (non-hydrogen) atoms. The number of nitrogens with two attached hydrogens (primary N) is 1. The van der Waals surface area contributed by atoms with E-state index in [-0.39, 0.29) is 29.9 Å². The predicted molar refractivity (Wildman–Crippen MR) is 197 cm³/mol. The Labute approximate surface area is 301 Å². The molecule has 0 saturated heterocycles. The average molecular weight is 722 g/mol. The quantitative estimate of drug-likeness (QED) is 0.0997. The molecule has 0 bridgehead atoms. The van der Waals surface area contributed by atoms with Crippen molar-refractivity contribution in [1.82, 2.24) is 44.1 Å². The van der Waals surface area contributed by atoms with Gasteiger partial charge in [0.25, 0.3) is 5.91 Å². The molecule has 0 spiro atoms. The maximum atomic E-state index is 11.7. The third kappa shape index (κ3) is 13.0. The number of carbonyl (C=O) groups excluding carboxylic acids is 3. The molecule has 6 rings (SSSR count). The van der Waals surface area contributed by atoms with E-state index in [1.54, 1.807) is 106 Å². The first-order chi connectivity index (χ1) is 24.0. The van der Waals surface area contributed by atoms with Gasteiger partial charge in [-0.3, -0.25) is 14.5 Å². The van der Waals surface area contributed by atoms with Gasteiger partial charge in [-0.25, -0.2) is 19.7 Å². The lowest BCUT2D eigenvalue weighted by molar-refractivity contribution is -0.179. The first-order valence-corrected chi connectivity index (χ1v) is 15.2. The molecule has 0 aliphatic heterocycles. The zero-order valence-electron chi connectivity index (χ0n) is 30.3. The van der Waals surface area contributed by atoms with Crippen molar-refractivity contribution in [3.63, 3.8) is 0 Å². The van der Waals surface area contributed by atoms with Crippen molar-refractivity contribution in [2.75, 3.05) is 49.0 Å². The number of hydrogen-bond acceptors (Lipinski definition) is 11. The zero-order chi connectivity index (χ0) is 36.6. The van der Waals surface area contributed by atoms with Crippen LogP contribution in [-0.2, 0) is 14.2 Å². The standard InChI is InChI=1S/C11H12N4O.C10H10N2O2.C8H7N3O.C5H13NO2.H3N.H2O/c1-14(2)8-13-11(16)9-3-5-15-6-4-12-10(15)7-9;1-2-14-10(13)8-3-5-12-6-4-11-9(12)7-8;9-8(12)6-1-3-11-4-2-10-7(11)5-6;1-6(2)5(7-3)8-4;;/h3-8H,1-2H3;3-7H,2H2,1H3;1-5H,(H2,9,12);5H,1-4H3;1H3;1H2. The van der Waals surface area contributed by atoms with E-state index in [9.17, 15) is 14.4 Å². The van der Waals surface area contributed by atoms with Gasteiger partial charge >= 0.3 is 5.97 Å². The molecule has 18 heteroatoms. The monoisotopic (exact) mass is 721 g/mol. The van der Waals surface area contributed by atoms with Crippen molar-refractivity contribution in [3.05, 3.63) is 109 Å². The number of hydrogen-bond donors (Lipinski definition) is 2.